The van der Waals surface area contributed by atoms with Gasteiger partial charge in [-0.1, -0.05) is 6.07 Å². The van der Waals surface area contributed by atoms with Crippen LogP contribution in [-0.2, 0) is 20.8 Å². The van der Waals surface area contributed by atoms with Crippen LogP contribution in [0.1, 0.15) is 24.8 Å². The number of benzene rings is 1. The average Bonchev–Trinajstić information content (AvgIpc) is 2.44. The highest BCUT2D eigenvalue weighted by atomic mass is 16.4. The summed E-state index contributed by atoms with van der Waals surface area (Å²) in [6, 6.07) is 2.87. The fourth-order valence-corrected chi connectivity index (χ4v) is 1.77. The molecule has 5 N–H and O–H groups in total. The Morgan fingerprint density at radius 3 is 2.27 bits per heavy atom. The van der Waals surface area contributed by atoms with Gasteiger partial charge in [-0.2, -0.15) is 0 Å². The Morgan fingerprint density at radius 2 is 1.73 bits per heavy atom. The molecule has 0 radical (unpaired) electrons. The molecule has 0 saturated carbocycles. The number of carboxylic acid groups (broad SMARTS) is 2. The minimum atomic E-state index is -1.29. The third kappa shape index (κ3) is 5.70. The van der Waals surface area contributed by atoms with Gasteiger partial charge < -0.3 is 25.7 Å². The van der Waals surface area contributed by atoms with Gasteiger partial charge in [-0.3, -0.25) is 9.59 Å². The van der Waals surface area contributed by atoms with E-state index in [-0.39, 0.29) is 37.2 Å². The number of hydrogen-bond donors (Lipinski definition) is 5. The summed E-state index contributed by atoms with van der Waals surface area (Å²) in [5, 5.41) is 38.2. The van der Waals surface area contributed by atoms with Crippen LogP contribution in [0.5, 0.6) is 11.5 Å². The largest absolute Gasteiger partial charge is 0.504 e. The number of amides is 1. The maximum absolute atomic E-state index is 11.7. The molecule has 0 heterocycles. The summed E-state index contributed by atoms with van der Waals surface area (Å²) in [7, 11) is 0. The molecule has 1 amide bonds. The lowest BCUT2D eigenvalue weighted by Crippen LogP contribution is -2.41. The topological polar surface area (TPSA) is 144 Å². The van der Waals surface area contributed by atoms with E-state index in [1.807, 2.05) is 0 Å². The van der Waals surface area contributed by atoms with Crippen molar-refractivity contribution in [2.45, 2.75) is 31.7 Å². The third-order valence-corrected chi connectivity index (χ3v) is 2.96. The van der Waals surface area contributed by atoms with E-state index < -0.39 is 23.9 Å². The number of aromatic hydroxyl groups is 2. The maximum atomic E-state index is 11.7. The number of carboxylic acids is 2. The van der Waals surface area contributed by atoms with Crippen LogP contribution in [0, 0.1) is 0 Å². The quantitative estimate of drug-likeness (QED) is 0.439. The number of carbonyl (C=O) groups is 3. The third-order valence-electron chi connectivity index (χ3n) is 2.96. The second-order valence-electron chi connectivity index (χ2n) is 4.71. The molecule has 0 aliphatic carbocycles. The lowest BCUT2D eigenvalue weighted by Gasteiger charge is -2.13. The molecule has 0 aliphatic heterocycles. The first-order chi connectivity index (χ1) is 10.3. The Bertz CT molecular complexity index is 570. The molecule has 0 spiro atoms. The van der Waals surface area contributed by atoms with Gasteiger partial charge in [0.25, 0.3) is 0 Å². The molecule has 0 aliphatic rings. The van der Waals surface area contributed by atoms with Crippen molar-refractivity contribution in [3.05, 3.63) is 23.8 Å². The van der Waals surface area contributed by atoms with Crippen LogP contribution in [0.15, 0.2) is 18.2 Å². The minimum Gasteiger partial charge on any atom is -0.504 e. The van der Waals surface area contributed by atoms with Gasteiger partial charge in [-0.05, 0) is 30.5 Å². The minimum absolute atomic E-state index is 0.0267. The Labute approximate surface area is 126 Å². The van der Waals surface area contributed by atoms with Crippen LogP contribution >= 0.6 is 0 Å². The average molecular weight is 311 g/mol. The number of phenolic OH excluding ortho intramolecular Hbond substituents is 2. The summed E-state index contributed by atoms with van der Waals surface area (Å²) in [5.41, 5.74) is 0.600. The van der Waals surface area contributed by atoms with Gasteiger partial charge >= 0.3 is 11.9 Å². The molecule has 8 heteroatoms. The lowest BCUT2D eigenvalue weighted by atomic mass is 10.1. The highest BCUT2D eigenvalue weighted by Gasteiger charge is 2.20. The predicted molar refractivity (Wildman–Crippen MR) is 74.5 cm³/mol. The first-order valence-electron chi connectivity index (χ1n) is 6.54. The summed E-state index contributed by atoms with van der Waals surface area (Å²) >= 11 is 0. The summed E-state index contributed by atoms with van der Waals surface area (Å²) in [5.74, 6) is -3.54. The zero-order valence-corrected chi connectivity index (χ0v) is 11.7. The van der Waals surface area contributed by atoms with E-state index in [0.717, 1.165) is 0 Å². The Hall–Kier alpha value is -2.77. The number of phenols is 2. The van der Waals surface area contributed by atoms with Gasteiger partial charge in [0, 0.05) is 12.8 Å². The molecule has 1 rings (SSSR count). The van der Waals surface area contributed by atoms with Gasteiger partial charge in [-0.15, -0.1) is 0 Å². The van der Waals surface area contributed by atoms with Crippen molar-refractivity contribution >= 4 is 17.8 Å². The molecule has 8 nitrogen and oxygen atoms in total. The predicted octanol–water partition coefficient (Wildman–Crippen LogP) is 0.465. The van der Waals surface area contributed by atoms with Crippen molar-refractivity contribution in [2.24, 2.45) is 0 Å². The van der Waals surface area contributed by atoms with Crippen LogP contribution in [0.25, 0.3) is 0 Å². The van der Waals surface area contributed by atoms with Crippen LogP contribution in [-0.4, -0.2) is 44.3 Å². The molecule has 0 saturated heterocycles. The SMILES string of the molecule is O=C(O)CCC(NC(=O)CCc1ccc(O)c(O)c1)C(=O)O. The molecule has 120 valence electrons. The maximum Gasteiger partial charge on any atom is 0.326 e. The molecular weight excluding hydrogens is 294 g/mol. The van der Waals surface area contributed by atoms with Crippen molar-refractivity contribution in [3.8, 4) is 11.5 Å². The molecule has 1 atom stereocenters. The Morgan fingerprint density at radius 1 is 1.05 bits per heavy atom. The summed E-state index contributed by atoms with van der Waals surface area (Å²) in [6.07, 6.45) is -0.342. The van der Waals surface area contributed by atoms with Gasteiger partial charge in [0.1, 0.15) is 6.04 Å². The van der Waals surface area contributed by atoms with Crippen molar-refractivity contribution in [1.29, 1.82) is 0 Å². The van der Waals surface area contributed by atoms with Crippen molar-refractivity contribution < 1.29 is 34.8 Å². The molecule has 1 unspecified atom stereocenters. The van der Waals surface area contributed by atoms with Gasteiger partial charge in [0.15, 0.2) is 11.5 Å². The number of aryl methyl sites for hydroxylation is 1. The van der Waals surface area contributed by atoms with Gasteiger partial charge in [0.2, 0.25) is 5.91 Å². The van der Waals surface area contributed by atoms with Crippen molar-refractivity contribution in [1.82, 2.24) is 5.32 Å². The fourth-order valence-electron chi connectivity index (χ4n) is 1.77. The molecule has 1 aromatic carbocycles. The first kappa shape index (κ1) is 17.3. The van der Waals surface area contributed by atoms with Crippen LogP contribution in [0.3, 0.4) is 0 Å². The Balaban J connectivity index is 2.51. The zero-order valence-electron chi connectivity index (χ0n) is 11.7. The second-order valence-corrected chi connectivity index (χ2v) is 4.71. The molecule has 0 bridgehead atoms. The number of hydrogen-bond acceptors (Lipinski definition) is 5. The van der Waals surface area contributed by atoms with E-state index in [4.69, 9.17) is 15.3 Å². The van der Waals surface area contributed by atoms with E-state index in [1.54, 1.807) is 0 Å². The van der Waals surface area contributed by atoms with Crippen molar-refractivity contribution in [3.63, 3.8) is 0 Å². The summed E-state index contributed by atoms with van der Waals surface area (Å²) in [6.45, 7) is 0. The lowest BCUT2D eigenvalue weighted by molar-refractivity contribution is -0.143. The first-order valence-corrected chi connectivity index (χ1v) is 6.54. The monoisotopic (exact) mass is 311 g/mol. The van der Waals surface area contributed by atoms with E-state index in [2.05, 4.69) is 5.32 Å². The number of carbonyl (C=O) groups excluding carboxylic acids is 1. The molecule has 22 heavy (non-hydrogen) atoms. The van der Waals surface area contributed by atoms with Gasteiger partial charge in [0.05, 0.1) is 0 Å². The molecule has 1 aromatic rings. The van der Waals surface area contributed by atoms with E-state index >= 15 is 0 Å². The van der Waals surface area contributed by atoms with Crippen LogP contribution in [0.4, 0.5) is 0 Å². The zero-order chi connectivity index (χ0) is 16.7. The van der Waals surface area contributed by atoms with E-state index in [0.29, 0.717) is 5.56 Å². The van der Waals surface area contributed by atoms with Crippen LogP contribution in [0.2, 0.25) is 0 Å². The summed E-state index contributed by atoms with van der Waals surface area (Å²) < 4.78 is 0. The van der Waals surface area contributed by atoms with Gasteiger partial charge in [-0.25, -0.2) is 4.79 Å². The molecular formula is C14H17NO7. The number of nitrogens with one attached hydrogen (secondary N) is 1. The highest BCUT2D eigenvalue weighted by Crippen LogP contribution is 2.25. The fraction of sp³-hybridized carbons (Fsp3) is 0.357. The Kier molecular flexibility index (Phi) is 6.18. The van der Waals surface area contributed by atoms with E-state index in [9.17, 15) is 19.5 Å². The summed E-state index contributed by atoms with van der Waals surface area (Å²) in [4.78, 5) is 33.1. The van der Waals surface area contributed by atoms with E-state index in [1.165, 1.54) is 18.2 Å². The normalized spacial score (nSPS) is 11.6. The number of rotatable bonds is 8. The second kappa shape index (κ2) is 7.87. The number of aliphatic carboxylic acids is 2. The van der Waals surface area contributed by atoms with Crippen LogP contribution < -0.4 is 5.32 Å². The standard InChI is InChI=1S/C14H17NO7/c16-10-4-1-8(7-11(10)17)2-5-12(18)15-9(14(21)22)3-6-13(19)20/h1,4,7,9,16-17H,2-3,5-6H2,(H,15,18)(H,19,20)(H,21,22). The highest BCUT2D eigenvalue weighted by molar-refractivity contribution is 5.84. The van der Waals surface area contributed by atoms with Crippen molar-refractivity contribution in [2.75, 3.05) is 0 Å². The smallest absolute Gasteiger partial charge is 0.326 e. The molecule has 0 fully saturated rings. The molecule has 0 aromatic heterocycles.